The fourth-order valence-corrected chi connectivity index (χ4v) is 1.41. The fraction of sp³-hybridized carbons (Fsp3) is 0.100. The Kier molecular flexibility index (Phi) is 1.93. The fourth-order valence-electron chi connectivity index (χ4n) is 1.41. The normalized spacial score (nSPS) is 10.2. The molecule has 0 fully saturated rings. The molecular formula is C10H10BNO. The summed E-state index contributed by atoms with van der Waals surface area (Å²) in [5, 5.41) is 1.07. The number of rotatable bonds is 1. The third-order valence-corrected chi connectivity index (χ3v) is 2.08. The number of aromatic nitrogens is 1. The first kappa shape index (κ1) is 8.11. The average molecular weight is 171 g/mol. The number of benzene rings is 1. The first-order chi connectivity index (χ1) is 6.31. The molecule has 0 amide bonds. The van der Waals surface area contributed by atoms with Crippen LogP contribution in [0.3, 0.4) is 0 Å². The van der Waals surface area contributed by atoms with E-state index in [1.54, 1.807) is 13.3 Å². The average Bonchev–Trinajstić information content (AvgIpc) is 2.17. The lowest BCUT2D eigenvalue weighted by atomic mass is 9.94. The van der Waals surface area contributed by atoms with Gasteiger partial charge in [-0.25, -0.2) is 0 Å². The maximum absolute atomic E-state index is 5.24. The predicted molar refractivity (Wildman–Crippen MR) is 56.5 cm³/mol. The Morgan fingerprint density at radius 3 is 2.92 bits per heavy atom. The third-order valence-electron chi connectivity index (χ3n) is 2.08. The second-order valence-corrected chi connectivity index (χ2v) is 3.03. The van der Waals surface area contributed by atoms with Crippen molar-refractivity contribution < 1.29 is 4.74 Å². The summed E-state index contributed by atoms with van der Waals surface area (Å²) in [5.74, 6) is 0.883. The molecule has 3 heteroatoms. The predicted octanol–water partition coefficient (Wildman–Crippen LogP) is 0.502. The second-order valence-electron chi connectivity index (χ2n) is 3.03. The summed E-state index contributed by atoms with van der Waals surface area (Å²) in [5.41, 5.74) is 2.20. The van der Waals surface area contributed by atoms with Crippen LogP contribution in [0.15, 0.2) is 30.5 Å². The van der Waals surface area contributed by atoms with E-state index in [1.165, 1.54) is 5.46 Å². The highest BCUT2D eigenvalue weighted by Gasteiger charge is 2.00. The molecule has 2 aromatic rings. The van der Waals surface area contributed by atoms with E-state index in [-0.39, 0.29) is 0 Å². The molecule has 0 spiro atoms. The maximum atomic E-state index is 5.24. The first-order valence-electron chi connectivity index (χ1n) is 4.20. The van der Waals surface area contributed by atoms with E-state index >= 15 is 0 Å². The van der Waals surface area contributed by atoms with Crippen LogP contribution in [-0.2, 0) is 0 Å². The molecule has 0 saturated carbocycles. The number of methoxy groups -OCH3 is 1. The molecule has 1 heterocycles. The van der Waals surface area contributed by atoms with Crippen LogP contribution in [0.4, 0.5) is 0 Å². The SMILES string of the molecule is Bc1ccc2nccc(OC)c2c1. The van der Waals surface area contributed by atoms with Crippen molar-refractivity contribution in [3.05, 3.63) is 30.5 Å². The van der Waals surface area contributed by atoms with Crippen molar-refractivity contribution in [2.45, 2.75) is 0 Å². The van der Waals surface area contributed by atoms with Gasteiger partial charge in [-0.3, -0.25) is 4.98 Å². The molecule has 2 nitrogen and oxygen atoms in total. The van der Waals surface area contributed by atoms with Gasteiger partial charge in [0.1, 0.15) is 13.6 Å². The Balaban J connectivity index is 2.79. The van der Waals surface area contributed by atoms with Gasteiger partial charge in [0.15, 0.2) is 0 Å². The standard InChI is InChI=1S/C10H10BNO/c1-13-10-4-5-12-9-3-2-7(11)6-8(9)10/h2-6H,11H2,1H3. The van der Waals surface area contributed by atoms with Crippen LogP contribution in [0.25, 0.3) is 10.9 Å². The number of nitrogens with zero attached hydrogens (tertiary/aromatic N) is 1. The van der Waals surface area contributed by atoms with Crippen LogP contribution in [0.1, 0.15) is 0 Å². The minimum atomic E-state index is 0.883. The highest BCUT2D eigenvalue weighted by Crippen LogP contribution is 2.21. The Bertz CT molecular complexity index is 442. The number of hydrogen-bond acceptors (Lipinski definition) is 2. The van der Waals surface area contributed by atoms with Crippen LogP contribution in [-0.4, -0.2) is 19.9 Å². The number of fused-ring (bicyclic) bond motifs is 1. The van der Waals surface area contributed by atoms with Gasteiger partial charge in [-0.2, -0.15) is 0 Å². The third kappa shape index (κ3) is 1.37. The lowest BCUT2D eigenvalue weighted by Gasteiger charge is -2.04. The highest BCUT2D eigenvalue weighted by molar-refractivity contribution is 6.33. The number of hydrogen-bond donors (Lipinski definition) is 0. The molecule has 13 heavy (non-hydrogen) atoms. The molecule has 0 saturated heterocycles. The zero-order chi connectivity index (χ0) is 9.26. The van der Waals surface area contributed by atoms with Gasteiger partial charge in [-0.1, -0.05) is 17.6 Å². The number of pyridine rings is 1. The summed E-state index contributed by atoms with van der Waals surface area (Å²) in [6.07, 6.45) is 1.76. The summed E-state index contributed by atoms with van der Waals surface area (Å²) < 4.78 is 5.24. The van der Waals surface area contributed by atoms with Gasteiger partial charge in [0, 0.05) is 11.6 Å². The Morgan fingerprint density at radius 2 is 2.15 bits per heavy atom. The van der Waals surface area contributed by atoms with E-state index in [1.807, 2.05) is 12.1 Å². The molecule has 0 aliphatic carbocycles. The molecule has 64 valence electrons. The lowest BCUT2D eigenvalue weighted by molar-refractivity contribution is 0.419. The molecule has 0 aliphatic heterocycles. The van der Waals surface area contributed by atoms with Gasteiger partial charge in [0.05, 0.1) is 12.6 Å². The lowest BCUT2D eigenvalue weighted by Crippen LogP contribution is -2.01. The largest absolute Gasteiger partial charge is 0.496 e. The van der Waals surface area contributed by atoms with Crippen molar-refractivity contribution in [1.29, 1.82) is 0 Å². The molecule has 0 unspecified atom stereocenters. The van der Waals surface area contributed by atoms with Crippen molar-refractivity contribution >= 4 is 24.2 Å². The van der Waals surface area contributed by atoms with Gasteiger partial charge in [-0.05, 0) is 12.1 Å². The summed E-state index contributed by atoms with van der Waals surface area (Å²) in [4.78, 5) is 4.25. The Hall–Kier alpha value is -1.51. The summed E-state index contributed by atoms with van der Waals surface area (Å²) in [7, 11) is 3.74. The van der Waals surface area contributed by atoms with E-state index < -0.39 is 0 Å². The minimum Gasteiger partial charge on any atom is -0.496 e. The Labute approximate surface area is 78.0 Å². The summed E-state index contributed by atoms with van der Waals surface area (Å²) in [6.45, 7) is 0. The molecule has 2 rings (SSSR count). The molecule has 1 aromatic heterocycles. The van der Waals surface area contributed by atoms with E-state index in [9.17, 15) is 0 Å². The molecule has 0 bridgehead atoms. The zero-order valence-corrected chi connectivity index (χ0v) is 7.74. The topological polar surface area (TPSA) is 22.1 Å². The highest BCUT2D eigenvalue weighted by atomic mass is 16.5. The summed E-state index contributed by atoms with van der Waals surface area (Å²) in [6, 6.07) is 8.02. The minimum absolute atomic E-state index is 0.883. The van der Waals surface area contributed by atoms with E-state index in [4.69, 9.17) is 4.74 Å². The van der Waals surface area contributed by atoms with E-state index in [0.717, 1.165) is 16.7 Å². The van der Waals surface area contributed by atoms with Crippen molar-refractivity contribution in [3.63, 3.8) is 0 Å². The Morgan fingerprint density at radius 1 is 1.31 bits per heavy atom. The van der Waals surface area contributed by atoms with Crippen molar-refractivity contribution in [2.24, 2.45) is 0 Å². The van der Waals surface area contributed by atoms with Gasteiger partial charge in [0.2, 0.25) is 0 Å². The molecule has 0 N–H and O–H groups in total. The van der Waals surface area contributed by atoms with Crippen LogP contribution >= 0.6 is 0 Å². The summed E-state index contributed by atoms with van der Waals surface area (Å²) >= 11 is 0. The van der Waals surface area contributed by atoms with Crippen molar-refractivity contribution in [1.82, 2.24) is 4.98 Å². The van der Waals surface area contributed by atoms with Crippen molar-refractivity contribution in [3.8, 4) is 5.75 Å². The molecule has 0 radical (unpaired) electrons. The van der Waals surface area contributed by atoms with Gasteiger partial charge >= 0.3 is 0 Å². The van der Waals surface area contributed by atoms with Crippen LogP contribution in [0.5, 0.6) is 5.75 Å². The van der Waals surface area contributed by atoms with Crippen LogP contribution in [0, 0.1) is 0 Å². The maximum Gasteiger partial charge on any atom is 0.139 e. The van der Waals surface area contributed by atoms with E-state index in [2.05, 4.69) is 25.0 Å². The molecule has 1 aromatic carbocycles. The zero-order valence-electron chi connectivity index (χ0n) is 7.74. The van der Waals surface area contributed by atoms with Crippen LogP contribution in [0.2, 0.25) is 0 Å². The molecule has 0 aliphatic rings. The van der Waals surface area contributed by atoms with Gasteiger partial charge in [0.25, 0.3) is 0 Å². The van der Waals surface area contributed by atoms with Gasteiger partial charge in [-0.15, -0.1) is 0 Å². The van der Waals surface area contributed by atoms with E-state index in [0.29, 0.717) is 0 Å². The van der Waals surface area contributed by atoms with Crippen LogP contribution < -0.4 is 10.2 Å². The molecular weight excluding hydrogens is 161 g/mol. The monoisotopic (exact) mass is 171 g/mol. The second kappa shape index (κ2) is 3.09. The number of ether oxygens (including phenoxy) is 1. The quantitative estimate of drug-likeness (QED) is 0.583. The van der Waals surface area contributed by atoms with Gasteiger partial charge < -0.3 is 4.74 Å². The smallest absolute Gasteiger partial charge is 0.139 e. The molecule has 0 atom stereocenters. The van der Waals surface area contributed by atoms with Crippen molar-refractivity contribution in [2.75, 3.05) is 7.11 Å². The first-order valence-corrected chi connectivity index (χ1v) is 4.20.